The summed E-state index contributed by atoms with van der Waals surface area (Å²) in [7, 11) is 0. The van der Waals surface area contributed by atoms with Crippen molar-refractivity contribution in [3.05, 3.63) is 70.8 Å². The molecule has 2 aromatic carbocycles. The number of rotatable bonds is 4. The molecule has 0 fully saturated rings. The molecule has 21 heavy (non-hydrogen) atoms. The van der Waals surface area contributed by atoms with Crippen molar-refractivity contribution >= 4 is 0 Å². The molecule has 110 valence electrons. The second kappa shape index (κ2) is 6.42. The number of hydrogen-bond donors (Lipinski definition) is 1. The third kappa shape index (κ3) is 3.34. The highest BCUT2D eigenvalue weighted by atomic mass is 16.5. The topological polar surface area (TPSA) is 29.5 Å². The van der Waals surface area contributed by atoms with Crippen LogP contribution in [0.25, 0.3) is 0 Å². The molecule has 2 heteroatoms. The zero-order valence-electron chi connectivity index (χ0n) is 12.5. The molecule has 1 aliphatic rings. The van der Waals surface area contributed by atoms with Gasteiger partial charge in [-0.1, -0.05) is 48.5 Å². The maximum absolute atomic E-state index is 10.4. The molecule has 0 saturated heterocycles. The Morgan fingerprint density at radius 2 is 1.90 bits per heavy atom. The van der Waals surface area contributed by atoms with Gasteiger partial charge < -0.3 is 9.84 Å². The van der Waals surface area contributed by atoms with E-state index in [1.54, 1.807) is 0 Å². The Labute approximate surface area is 126 Å². The quantitative estimate of drug-likeness (QED) is 0.928. The lowest BCUT2D eigenvalue weighted by Gasteiger charge is -2.28. The summed E-state index contributed by atoms with van der Waals surface area (Å²) in [4.78, 5) is 0. The standard InChI is InChI=1S/C19H22O2/c1-14-6-2-3-8-16(14)12-17(20)13-19-18-9-5-4-7-15(18)10-11-21-19/h2-9,17,19-20H,10-13H2,1H3. The van der Waals surface area contributed by atoms with E-state index in [4.69, 9.17) is 4.74 Å². The Morgan fingerprint density at radius 3 is 2.76 bits per heavy atom. The van der Waals surface area contributed by atoms with Crippen molar-refractivity contribution in [3.63, 3.8) is 0 Å². The fourth-order valence-electron chi connectivity index (χ4n) is 3.10. The molecule has 2 atom stereocenters. The van der Waals surface area contributed by atoms with Crippen LogP contribution in [0.2, 0.25) is 0 Å². The van der Waals surface area contributed by atoms with Crippen LogP contribution in [0.4, 0.5) is 0 Å². The molecule has 2 unspecified atom stereocenters. The van der Waals surface area contributed by atoms with Crippen molar-refractivity contribution in [2.24, 2.45) is 0 Å². The Morgan fingerprint density at radius 1 is 1.14 bits per heavy atom. The van der Waals surface area contributed by atoms with Crippen LogP contribution < -0.4 is 0 Å². The molecule has 0 saturated carbocycles. The zero-order valence-corrected chi connectivity index (χ0v) is 12.5. The lowest BCUT2D eigenvalue weighted by atomic mass is 9.92. The minimum Gasteiger partial charge on any atom is -0.393 e. The molecule has 1 N–H and O–H groups in total. The van der Waals surface area contributed by atoms with Crippen LogP contribution in [0.5, 0.6) is 0 Å². The van der Waals surface area contributed by atoms with E-state index < -0.39 is 0 Å². The number of ether oxygens (including phenoxy) is 1. The van der Waals surface area contributed by atoms with Gasteiger partial charge in [-0.2, -0.15) is 0 Å². The van der Waals surface area contributed by atoms with Crippen LogP contribution >= 0.6 is 0 Å². The summed E-state index contributed by atoms with van der Waals surface area (Å²) < 4.78 is 5.88. The fraction of sp³-hybridized carbons (Fsp3) is 0.368. The van der Waals surface area contributed by atoms with Crippen molar-refractivity contribution in [2.45, 2.75) is 38.4 Å². The second-order valence-corrected chi connectivity index (χ2v) is 5.83. The van der Waals surface area contributed by atoms with Crippen molar-refractivity contribution in [1.29, 1.82) is 0 Å². The van der Waals surface area contributed by atoms with Crippen molar-refractivity contribution < 1.29 is 9.84 Å². The summed E-state index contributed by atoms with van der Waals surface area (Å²) in [6.07, 6.45) is 1.97. The monoisotopic (exact) mass is 282 g/mol. The van der Waals surface area contributed by atoms with Gasteiger partial charge in [0.05, 0.1) is 18.8 Å². The largest absolute Gasteiger partial charge is 0.393 e. The van der Waals surface area contributed by atoms with E-state index in [0.717, 1.165) is 13.0 Å². The maximum Gasteiger partial charge on any atom is 0.0852 e. The van der Waals surface area contributed by atoms with Crippen LogP contribution in [0.1, 0.15) is 34.8 Å². The number of hydrogen-bond acceptors (Lipinski definition) is 2. The SMILES string of the molecule is Cc1ccccc1CC(O)CC1OCCc2ccccc21. The molecule has 0 bridgehead atoms. The lowest BCUT2D eigenvalue weighted by molar-refractivity contribution is 0.00453. The van der Waals surface area contributed by atoms with E-state index >= 15 is 0 Å². The minimum atomic E-state index is -0.373. The molecule has 1 heterocycles. The highest BCUT2D eigenvalue weighted by Gasteiger charge is 2.23. The summed E-state index contributed by atoms with van der Waals surface area (Å²) in [6, 6.07) is 16.7. The first-order valence-electron chi connectivity index (χ1n) is 7.66. The molecule has 2 nitrogen and oxygen atoms in total. The first kappa shape index (κ1) is 14.3. The maximum atomic E-state index is 10.4. The predicted octanol–water partition coefficient (Wildman–Crippen LogP) is 3.60. The van der Waals surface area contributed by atoms with Gasteiger partial charge in [-0.15, -0.1) is 0 Å². The Balaban J connectivity index is 1.69. The van der Waals surface area contributed by atoms with E-state index in [1.165, 1.54) is 22.3 Å². The Kier molecular flexibility index (Phi) is 4.37. The highest BCUT2D eigenvalue weighted by molar-refractivity contribution is 5.31. The third-order valence-corrected chi connectivity index (χ3v) is 4.30. The number of benzene rings is 2. The van der Waals surface area contributed by atoms with Gasteiger partial charge >= 0.3 is 0 Å². The summed E-state index contributed by atoms with van der Waals surface area (Å²) in [5, 5.41) is 10.4. The molecule has 0 radical (unpaired) electrons. The van der Waals surface area contributed by atoms with Crippen molar-refractivity contribution in [3.8, 4) is 0 Å². The van der Waals surface area contributed by atoms with E-state index in [9.17, 15) is 5.11 Å². The average molecular weight is 282 g/mol. The molecule has 0 spiro atoms. The molecule has 1 aliphatic heterocycles. The van der Waals surface area contributed by atoms with Crippen molar-refractivity contribution in [1.82, 2.24) is 0 Å². The van der Waals surface area contributed by atoms with E-state index in [1.807, 2.05) is 18.2 Å². The molecule has 3 rings (SSSR count). The number of aliphatic hydroxyl groups is 1. The third-order valence-electron chi connectivity index (χ3n) is 4.30. The summed E-state index contributed by atoms with van der Waals surface area (Å²) in [5.74, 6) is 0. The number of fused-ring (bicyclic) bond motifs is 1. The number of aliphatic hydroxyl groups excluding tert-OH is 1. The molecule has 2 aromatic rings. The van der Waals surface area contributed by atoms with Gasteiger partial charge in [-0.3, -0.25) is 0 Å². The first-order valence-corrected chi connectivity index (χ1v) is 7.66. The molecular formula is C19H22O2. The predicted molar refractivity (Wildman–Crippen MR) is 84.3 cm³/mol. The zero-order chi connectivity index (χ0) is 14.7. The van der Waals surface area contributed by atoms with Gasteiger partial charge in [0.25, 0.3) is 0 Å². The van der Waals surface area contributed by atoms with Gasteiger partial charge in [0.15, 0.2) is 0 Å². The van der Waals surface area contributed by atoms with Gasteiger partial charge in [-0.25, -0.2) is 0 Å². The number of aryl methyl sites for hydroxylation is 1. The van der Waals surface area contributed by atoms with Crippen LogP contribution in [0.15, 0.2) is 48.5 Å². The second-order valence-electron chi connectivity index (χ2n) is 5.83. The molecular weight excluding hydrogens is 260 g/mol. The van der Waals surface area contributed by atoms with Gasteiger partial charge in [-0.05, 0) is 42.0 Å². The fourth-order valence-corrected chi connectivity index (χ4v) is 3.10. The Hall–Kier alpha value is -1.64. The van der Waals surface area contributed by atoms with Crippen LogP contribution in [-0.4, -0.2) is 17.8 Å². The highest BCUT2D eigenvalue weighted by Crippen LogP contribution is 2.31. The Bertz CT molecular complexity index is 606. The molecule has 0 aromatic heterocycles. The molecule has 0 amide bonds. The van der Waals surface area contributed by atoms with Gasteiger partial charge in [0, 0.05) is 6.42 Å². The van der Waals surface area contributed by atoms with E-state index in [0.29, 0.717) is 12.8 Å². The normalized spacial score (nSPS) is 19.0. The summed E-state index contributed by atoms with van der Waals surface area (Å²) in [5.41, 5.74) is 5.06. The summed E-state index contributed by atoms with van der Waals surface area (Å²) >= 11 is 0. The van der Waals surface area contributed by atoms with Gasteiger partial charge in [0.2, 0.25) is 0 Å². The minimum absolute atomic E-state index is 0.0222. The van der Waals surface area contributed by atoms with Crippen LogP contribution in [0.3, 0.4) is 0 Å². The lowest BCUT2D eigenvalue weighted by Crippen LogP contribution is -2.22. The van der Waals surface area contributed by atoms with Crippen LogP contribution in [0, 0.1) is 6.92 Å². The average Bonchev–Trinajstić information content (AvgIpc) is 2.50. The first-order chi connectivity index (χ1) is 10.2. The van der Waals surface area contributed by atoms with Crippen LogP contribution in [-0.2, 0) is 17.6 Å². The summed E-state index contributed by atoms with van der Waals surface area (Å²) in [6.45, 7) is 2.84. The smallest absolute Gasteiger partial charge is 0.0852 e. The van der Waals surface area contributed by atoms with E-state index in [2.05, 4.69) is 37.3 Å². The van der Waals surface area contributed by atoms with Crippen molar-refractivity contribution in [2.75, 3.05) is 6.61 Å². The molecule has 0 aliphatic carbocycles. The van der Waals surface area contributed by atoms with E-state index in [-0.39, 0.29) is 12.2 Å². The van der Waals surface area contributed by atoms with Gasteiger partial charge in [0.1, 0.15) is 0 Å².